The molecule has 0 spiro atoms. The number of piperidine rings is 1. The van der Waals surface area contributed by atoms with Gasteiger partial charge in [0.1, 0.15) is 5.69 Å². The number of hydrogen-bond acceptors (Lipinski definition) is 7. The smallest absolute Gasteiger partial charge is 0.433 e. The van der Waals surface area contributed by atoms with Gasteiger partial charge in [0.2, 0.25) is 5.95 Å². The van der Waals surface area contributed by atoms with Gasteiger partial charge in [-0.1, -0.05) is 5.16 Å². The molecule has 3 rings (SSSR count). The van der Waals surface area contributed by atoms with E-state index in [9.17, 15) is 27.9 Å². The average Bonchev–Trinajstić information content (AvgIpc) is 3.24. The van der Waals surface area contributed by atoms with Crippen molar-refractivity contribution in [2.75, 3.05) is 38.6 Å². The van der Waals surface area contributed by atoms with Gasteiger partial charge in [0, 0.05) is 46.0 Å². The van der Waals surface area contributed by atoms with Gasteiger partial charge in [0.05, 0.1) is 6.54 Å². The van der Waals surface area contributed by atoms with Crippen LogP contribution in [0.1, 0.15) is 41.2 Å². The van der Waals surface area contributed by atoms with Gasteiger partial charge in [-0.15, -0.1) is 0 Å². The van der Waals surface area contributed by atoms with E-state index in [2.05, 4.69) is 15.1 Å². The monoisotopic (exact) mass is 470 g/mol. The van der Waals surface area contributed by atoms with Crippen LogP contribution in [0.3, 0.4) is 0 Å². The molecule has 0 unspecified atom stereocenters. The van der Waals surface area contributed by atoms with Crippen LogP contribution in [0.4, 0.5) is 23.9 Å². The van der Waals surface area contributed by atoms with Crippen molar-refractivity contribution in [2.45, 2.75) is 32.0 Å². The number of halogens is 3. The Kier molecular flexibility index (Phi) is 7.39. The lowest BCUT2D eigenvalue weighted by atomic mass is 9.93. The summed E-state index contributed by atoms with van der Waals surface area (Å²) in [5.74, 6) is 0.167. The lowest BCUT2D eigenvalue weighted by Gasteiger charge is -2.33. The Hall–Kier alpha value is -3.38. The second kappa shape index (κ2) is 10.0. The van der Waals surface area contributed by atoms with Crippen LogP contribution in [0, 0.1) is 5.92 Å². The fourth-order valence-electron chi connectivity index (χ4n) is 3.57. The molecule has 1 aliphatic rings. The molecule has 3 heterocycles. The van der Waals surface area contributed by atoms with E-state index >= 15 is 0 Å². The molecule has 13 heteroatoms. The summed E-state index contributed by atoms with van der Waals surface area (Å²) in [6, 6.07) is 2.26. The first-order valence-electron chi connectivity index (χ1n) is 10.3. The van der Waals surface area contributed by atoms with Gasteiger partial charge in [-0.3, -0.25) is 4.79 Å². The Morgan fingerprint density at radius 1 is 1.27 bits per heavy atom. The van der Waals surface area contributed by atoms with Crippen LogP contribution in [-0.4, -0.2) is 75.8 Å². The Morgan fingerprint density at radius 3 is 2.58 bits per heavy atom. The van der Waals surface area contributed by atoms with Crippen molar-refractivity contribution in [1.82, 2.24) is 24.9 Å². The molecule has 1 fully saturated rings. The number of rotatable bonds is 7. The van der Waals surface area contributed by atoms with Gasteiger partial charge >= 0.3 is 12.3 Å². The molecule has 0 atom stereocenters. The van der Waals surface area contributed by atoms with Crippen molar-refractivity contribution in [1.29, 1.82) is 0 Å². The van der Waals surface area contributed by atoms with Gasteiger partial charge in [0.25, 0.3) is 5.91 Å². The van der Waals surface area contributed by atoms with E-state index in [1.54, 1.807) is 19.0 Å². The Morgan fingerprint density at radius 2 is 1.97 bits per heavy atom. The molecule has 0 bridgehead atoms. The van der Waals surface area contributed by atoms with Gasteiger partial charge in [-0.25, -0.2) is 14.8 Å². The summed E-state index contributed by atoms with van der Waals surface area (Å²) >= 11 is 0. The zero-order valence-corrected chi connectivity index (χ0v) is 18.2. The van der Waals surface area contributed by atoms with Crippen LogP contribution in [0.5, 0.6) is 0 Å². The molecule has 10 nitrogen and oxygen atoms in total. The minimum absolute atomic E-state index is 0.0417. The zero-order chi connectivity index (χ0) is 24.2. The van der Waals surface area contributed by atoms with Crippen LogP contribution in [0.15, 0.2) is 22.9 Å². The summed E-state index contributed by atoms with van der Waals surface area (Å²) in [7, 11) is 3.15. The molecule has 0 saturated carbocycles. The summed E-state index contributed by atoms with van der Waals surface area (Å²) < 4.78 is 43.7. The van der Waals surface area contributed by atoms with E-state index in [0.29, 0.717) is 32.4 Å². The number of aromatic nitrogens is 3. The molecule has 33 heavy (non-hydrogen) atoms. The standard InChI is InChI=1S/C20H25F3N6O4/c1-27(2)17(30)15-11-14(33-26-15)12-29(19(31)32)10-6-13-4-8-28(9-5-13)18-24-7-3-16(25-18)20(21,22)23/h3,7,11,13H,4-6,8-10,12H2,1-2H3,(H,31,32). The average molecular weight is 470 g/mol. The maximum absolute atomic E-state index is 12.9. The van der Waals surface area contributed by atoms with Gasteiger partial charge < -0.3 is 24.3 Å². The first-order valence-corrected chi connectivity index (χ1v) is 10.3. The third-order valence-corrected chi connectivity index (χ3v) is 5.44. The highest BCUT2D eigenvalue weighted by molar-refractivity contribution is 5.91. The molecular weight excluding hydrogens is 445 g/mol. The number of carbonyl (C=O) groups excluding carboxylic acids is 1. The van der Waals surface area contributed by atoms with Crippen LogP contribution >= 0.6 is 0 Å². The highest BCUT2D eigenvalue weighted by Gasteiger charge is 2.33. The summed E-state index contributed by atoms with van der Waals surface area (Å²) in [4.78, 5) is 35.4. The Bertz CT molecular complexity index is 973. The van der Waals surface area contributed by atoms with Gasteiger partial charge in [0.15, 0.2) is 11.5 Å². The first kappa shape index (κ1) is 24.3. The number of amides is 2. The molecule has 2 aromatic heterocycles. The number of carboxylic acid groups (broad SMARTS) is 1. The molecule has 0 aliphatic carbocycles. The number of hydrogen-bond donors (Lipinski definition) is 1. The largest absolute Gasteiger partial charge is 0.465 e. The van der Waals surface area contributed by atoms with E-state index in [4.69, 9.17) is 4.52 Å². The number of nitrogens with zero attached hydrogens (tertiary/aromatic N) is 6. The van der Waals surface area contributed by atoms with Crippen molar-refractivity contribution in [3.8, 4) is 0 Å². The molecule has 180 valence electrons. The summed E-state index contributed by atoms with van der Waals surface area (Å²) in [6.07, 6.45) is -2.61. The maximum atomic E-state index is 12.9. The van der Waals surface area contributed by atoms with Crippen molar-refractivity contribution in [2.24, 2.45) is 5.92 Å². The quantitative estimate of drug-likeness (QED) is 0.657. The Balaban J connectivity index is 1.51. The predicted octanol–water partition coefficient (Wildman–Crippen LogP) is 2.97. The van der Waals surface area contributed by atoms with Crippen molar-refractivity contribution < 1.29 is 32.4 Å². The second-order valence-corrected chi connectivity index (χ2v) is 8.04. The number of anilines is 1. The van der Waals surface area contributed by atoms with Gasteiger partial charge in [-0.05, 0) is 31.2 Å². The van der Waals surface area contributed by atoms with E-state index in [1.807, 2.05) is 0 Å². The van der Waals surface area contributed by atoms with Crippen LogP contribution in [0.25, 0.3) is 0 Å². The molecule has 0 aromatic carbocycles. The summed E-state index contributed by atoms with van der Waals surface area (Å²) in [6.45, 7) is 1.17. The highest BCUT2D eigenvalue weighted by atomic mass is 19.4. The third-order valence-electron chi connectivity index (χ3n) is 5.44. The minimum Gasteiger partial charge on any atom is -0.465 e. The van der Waals surface area contributed by atoms with Crippen LogP contribution < -0.4 is 4.90 Å². The molecule has 1 aliphatic heterocycles. The molecule has 1 saturated heterocycles. The molecular formula is C20H25F3N6O4. The van der Waals surface area contributed by atoms with E-state index in [-0.39, 0.29) is 42.3 Å². The fourth-order valence-corrected chi connectivity index (χ4v) is 3.57. The predicted molar refractivity (Wildman–Crippen MR) is 110 cm³/mol. The SMILES string of the molecule is CN(C)C(=O)c1cc(CN(CCC2CCN(c3nccc(C(F)(F)F)n3)CC2)C(=O)O)on1. The zero-order valence-electron chi connectivity index (χ0n) is 18.2. The molecule has 1 N–H and O–H groups in total. The maximum Gasteiger partial charge on any atom is 0.433 e. The van der Waals surface area contributed by atoms with Crippen LogP contribution in [-0.2, 0) is 12.7 Å². The molecule has 2 aromatic rings. The van der Waals surface area contributed by atoms with Crippen LogP contribution in [0.2, 0.25) is 0 Å². The fraction of sp³-hybridized carbons (Fsp3) is 0.550. The summed E-state index contributed by atoms with van der Waals surface area (Å²) in [5.41, 5.74) is -0.876. The van der Waals surface area contributed by atoms with Gasteiger partial charge in [-0.2, -0.15) is 13.2 Å². The van der Waals surface area contributed by atoms with E-state index in [0.717, 1.165) is 12.3 Å². The highest BCUT2D eigenvalue weighted by Crippen LogP contribution is 2.29. The first-order chi connectivity index (χ1) is 15.5. The topological polar surface area (TPSA) is 116 Å². The van der Waals surface area contributed by atoms with Crippen molar-refractivity contribution in [3.63, 3.8) is 0 Å². The van der Waals surface area contributed by atoms with E-state index < -0.39 is 18.0 Å². The lowest BCUT2D eigenvalue weighted by molar-refractivity contribution is -0.141. The normalized spacial score (nSPS) is 14.9. The number of carbonyl (C=O) groups is 2. The van der Waals surface area contributed by atoms with E-state index in [1.165, 1.54) is 15.9 Å². The van der Waals surface area contributed by atoms with Crippen molar-refractivity contribution in [3.05, 3.63) is 35.5 Å². The second-order valence-electron chi connectivity index (χ2n) is 8.04. The molecule has 2 amide bonds. The lowest BCUT2D eigenvalue weighted by Crippen LogP contribution is -2.37. The summed E-state index contributed by atoms with van der Waals surface area (Å²) in [5, 5.41) is 13.2. The number of alkyl halides is 3. The Labute approximate surface area is 188 Å². The molecule has 0 radical (unpaired) electrons. The minimum atomic E-state index is -4.53. The third kappa shape index (κ3) is 6.33. The van der Waals surface area contributed by atoms with Crippen molar-refractivity contribution >= 4 is 17.9 Å².